The van der Waals surface area contributed by atoms with Crippen LogP contribution in [-0.2, 0) is 14.4 Å². The van der Waals surface area contributed by atoms with E-state index in [1.165, 1.54) is 11.8 Å². The molecule has 4 unspecified atom stereocenters. The molecule has 1 aliphatic carbocycles. The second-order valence-electron chi connectivity index (χ2n) is 5.07. The third-order valence-electron chi connectivity index (χ3n) is 4.06. The Hall–Kier alpha value is -1.65. The van der Waals surface area contributed by atoms with Crippen LogP contribution < -0.4 is 0 Å². The molecular formula is C13H17NO4. The van der Waals surface area contributed by atoms with Gasteiger partial charge >= 0.3 is 5.97 Å². The summed E-state index contributed by atoms with van der Waals surface area (Å²) in [6.45, 7) is 3.15. The standard InChI is InChI=1S/C13H17NO4/c1-7(13(17)18)8(2)14-11(15)9-5-3-4-6-10(9)12(14)16/h3-4,7-10H,5-6H2,1-2H3,(H,17,18). The highest BCUT2D eigenvalue weighted by molar-refractivity contribution is 6.06. The van der Waals surface area contributed by atoms with E-state index >= 15 is 0 Å². The predicted molar refractivity (Wildman–Crippen MR) is 63.5 cm³/mol. The lowest BCUT2D eigenvalue weighted by Gasteiger charge is -2.26. The SMILES string of the molecule is CC(C(=O)O)C(C)N1C(=O)C2CC=CCC2C1=O. The number of likely N-dealkylation sites (tertiary alicyclic amines) is 1. The summed E-state index contributed by atoms with van der Waals surface area (Å²) >= 11 is 0. The van der Waals surface area contributed by atoms with Crippen molar-refractivity contribution in [2.24, 2.45) is 17.8 Å². The van der Waals surface area contributed by atoms with Gasteiger partial charge in [-0.2, -0.15) is 0 Å². The number of amides is 2. The number of carbonyl (C=O) groups is 3. The first-order valence-corrected chi connectivity index (χ1v) is 6.20. The number of rotatable bonds is 3. The van der Waals surface area contributed by atoms with E-state index in [9.17, 15) is 14.4 Å². The zero-order valence-corrected chi connectivity index (χ0v) is 10.5. The molecule has 0 radical (unpaired) electrons. The van der Waals surface area contributed by atoms with E-state index in [-0.39, 0.29) is 23.7 Å². The topological polar surface area (TPSA) is 74.7 Å². The van der Waals surface area contributed by atoms with E-state index in [1.807, 2.05) is 12.2 Å². The van der Waals surface area contributed by atoms with Gasteiger partial charge in [0.25, 0.3) is 0 Å². The van der Waals surface area contributed by atoms with E-state index in [0.717, 1.165) is 0 Å². The van der Waals surface area contributed by atoms with Crippen LogP contribution in [0.3, 0.4) is 0 Å². The minimum absolute atomic E-state index is 0.213. The van der Waals surface area contributed by atoms with Crippen LogP contribution in [-0.4, -0.2) is 33.8 Å². The Morgan fingerprint density at radius 3 is 2.06 bits per heavy atom. The normalized spacial score (nSPS) is 30.2. The minimum Gasteiger partial charge on any atom is -0.481 e. The molecule has 1 N–H and O–H groups in total. The fraction of sp³-hybridized carbons (Fsp3) is 0.615. The maximum atomic E-state index is 12.2. The number of carbonyl (C=O) groups excluding carboxylic acids is 2. The Morgan fingerprint density at radius 2 is 1.67 bits per heavy atom. The average molecular weight is 251 g/mol. The lowest BCUT2D eigenvalue weighted by Crippen LogP contribution is -2.44. The van der Waals surface area contributed by atoms with Crippen molar-refractivity contribution in [1.82, 2.24) is 4.90 Å². The van der Waals surface area contributed by atoms with Crippen LogP contribution in [0.2, 0.25) is 0 Å². The molecule has 0 saturated carbocycles. The Bertz CT molecular complexity index is 403. The molecule has 98 valence electrons. The van der Waals surface area contributed by atoms with E-state index in [2.05, 4.69) is 0 Å². The highest BCUT2D eigenvalue weighted by Gasteiger charge is 2.50. The largest absolute Gasteiger partial charge is 0.481 e. The second kappa shape index (κ2) is 4.55. The second-order valence-corrected chi connectivity index (χ2v) is 5.07. The van der Waals surface area contributed by atoms with Crippen molar-refractivity contribution in [2.45, 2.75) is 32.7 Å². The van der Waals surface area contributed by atoms with Gasteiger partial charge < -0.3 is 5.11 Å². The van der Waals surface area contributed by atoms with Crippen LogP contribution in [0.5, 0.6) is 0 Å². The summed E-state index contributed by atoms with van der Waals surface area (Å²) in [6.07, 6.45) is 5.00. The van der Waals surface area contributed by atoms with E-state index in [0.29, 0.717) is 12.8 Å². The zero-order chi connectivity index (χ0) is 13.4. The maximum Gasteiger partial charge on any atom is 0.308 e. The molecule has 2 rings (SSSR count). The number of imide groups is 1. The molecule has 0 aromatic rings. The third-order valence-corrected chi connectivity index (χ3v) is 4.06. The molecule has 1 heterocycles. The fourth-order valence-corrected chi connectivity index (χ4v) is 2.66. The van der Waals surface area contributed by atoms with Gasteiger partial charge in [0.15, 0.2) is 0 Å². The van der Waals surface area contributed by atoms with Crippen LogP contribution in [0.1, 0.15) is 26.7 Å². The van der Waals surface area contributed by atoms with Gasteiger partial charge in [-0.25, -0.2) is 0 Å². The zero-order valence-electron chi connectivity index (χ0n) is 10.5. The molecule has 5 heteroatoms. The smallest absolute Gasteiger partial charge is 0.308 e. The average Bonchev–Trinajstić information content (AvgIpc) is 2.61. The van der Waals surface area contributed by atoms with Crippen molar-refractivity contribution in [2.75, 3.05) is 0 Å². The number of carboxylic acid groups (broad SMARTS) is 1. The van der Waals surface area contributed by atoms with Crippen LogP contribution >= 0.6 is 0 Å². The van der Waals surface area contributed by atoms with Gasteiger partial charge in [-0.1, -0.05) is 12.2 Å². The Labute approximate surface area is 105 Å². The molecule has 2 amide bonds. The molecule has 1 fully saturated rings. The van der Waals surface area contributed by atoms with Crippen molar-refractivity contribution in [3.63, 3.8) is 0 Å². The number of allylic oxidation sites excluding steroid dienone is 2. The first kappa shape index (κ1) is 12.8. The molecular weight excluding hydrogens is 234 g/mol. The number of hydrogen-bond donors (Lipinski definition) is 1. The van der Waals surface area contributed by atoms with Crippen molar-refractivity contribution >= 4 is 17.8 Å². The highest BCUT2D eigenvalue weighted by Crippen LogP contribution is 2.36. The van der Waals surface area contributed by atoms with Crippen LogP contribution in [0.15, 0.2) is 12.2 Å². The third kappa shape index (κ3) is 1.83. The molecule has 0 aromatic carbocycles. The molecule has 0 spiro atoms. The van der Waals surface area contributed by atoms with Gasteiger partial charge in [-0.3, -0.25) is 19.3 Å². The minimum atomic E-state index is -0.990. The summed E-state index contributed by atoms with van der Waals surface area (Å²) in [7, 11) is 0. The maximum absolute atomic E-state index is 12.2. The number of fused-ring (bicyclic) bond motifs is 1. The van der Waals surface area contributed by atoms with Crippen LogP contribution in [0.4, 0.5) is 0 Å². The van der Waals surface area contributed by atoms with Gasteiger partial charge in [0.05, 0.1) is 17.8 Å². The quantitative estimate of drug-likeness (QED) is 0.601. The molecule has 1 saturated heterocycles. The summed E-state index contributed by atoms with van der Waals surface area (Å²) in [5.74, 6) is -2.73. The van der Waals surface area contributed by atoms with Crippen molar-refractivity contribution in [3.05, 3.63) is 12.2 Å². The summed E-state index contributed by atoms with van der Waals surface area (Å²) in [4.78, 5) is 36.5. The first-order chi connectivity index (χ1) is 8.45. The van der Waals surface area contributed by atoms with Crippen LogP contribution in [0.25, 0.3) is 0 Å². The van der Waals surface area contributed by atoms with Crippen molar-refractivity contribution < 1.29 is 19.5 Å². The van der Waals surface area contributed by atoms with E-state index < -0.39 is 17.9 Å². The summed E-state index contributed by atoms with van der Waals surface area (Å²) in [5, 5.41) is 8.98. The molecule has 0 bridgehead atoms. The van der Waals surface area contributed by atoms with Gasteiger partial charge in [-0.15, -0.1) is 0 Å². The number of aliphatic carboxylic acids is 1. The molecule has 0 aromatic heterocycles. The Balaban J connectivity index is 2.22. The Morgan fingerprint density at radius 1 is 1.22 bits per heavy atom. The van der Waals surface area contributed by atoms with Crippen LogP contribution in [0, 0.1) is 17.8 Å². The van der Waals surface area contributed by atoms with Gasteiger partial charge in [0.2, 0.25) is 11.8 Å². The molecule has 5 nitrogen and oxygen atoms in total. The lowest BCUT2D eigenvalue weighted by molar-refractivity contribution is -0.148. The summed E-state index contributed by atoms with van der Waals surface area (Å²) < 4.78 is 0. The Kier molecular flexibility index (Phi) is 3.24. The van der Waals surface area contributed by atoms with Gasteiger partial charge in [0.1, 0.15) is 0 Å². The number of hydrogen-bond acceptors (Lipinski definition) is 3. The molecule has 1 aliphatic heterocycles. The van der Waals surface area contributed by atoms with Crippen molar-refractivity contribution in [3.8, 4) is 0 Å². The highest BCUT2D eigenvalue weighted by atomic mass is 16.4. The molecule has 2 aliphatic rings. The monoisotopic (exact) mass is 251 g/mol. The van der Waals surface area contributed by atoms with Gasteiger partial charge in [-0.05, 0) is 26.7 Å². The van der Waals surface area contributed by atoms with E-state index in [1.54, 1.807) is 6.92 Å². The fourth-order valence-electron chi connectivity index (χ4n) is 2.66. The predicted octanol–water partition coefficient (Wildman–Crippen LogP) is 1.05. The molecule has 4 atom stereocenters. The lowest BCUT2D eigenvalue weighted by atomic mass is 9.85. The number of nitrogens with zero attached hydrogens (tertiary/aromatic N) is 1. The van der Waals surface area contributed by atoms with E-state index in [4.69, 9.17) is 5.11 Å². The number of carboxylic acids is 1. The van der Waals surface area contributed by atoms with Gasteiger partial charge in [0, 0.05) is 6.04 Å². The van der Waals surface area contributed by atoms with Crippen molar-refractivity contribution in [1.29, 1.82) is 0 Å². The molecule has 18 heavy (non-hydrogen) atoms. The summed E-state index contributed by atoms with van der Waals surface area (Å²) in [5.41, 5.74) is 0. The summed E-state index contributed by atoms with van der Waals surface area (Å²) in [6, 6.07) is -0.590. The first-order valence-electron chi connectivity index (χ1n) is 6.20.